The minimum absolute atomic E-state index is 0.232. The molecule has 0 aromatic heterocycles. The van der Waals surface area contributed by atoms with E-state index < -0.39 is 13.0 Å². The number of benzene rings is 1. The molecule has 1 aromatic carbocycles. The Morgan fingerprint density at radius 1 is 0.968 bits per heavy atom. The summed E-state index contributed by atoms with van der Waals surface area (Å²) < 4.78 is 0. The summed E-state index contributed by atoms with van der Waals surface area (Å²) in [5.74, 6) is 0. The molecule has 2 nitrogen and oxygen atoms in total. The fourth-order valence-electron chi connectivity index (χ4n) is 4.56. The zero-order valence-electron chi connectivity index (χ0n) is 19.6. The molecule has 0 heterocycles. The van der Waals surface area contributed by atoms with Crippen molar-refractivity contribution in [2.75, 3.05) is 6.16 Å². The monoisotopic (exact) mass is 437 g/mol. The summed E-state index contributed by atoms with van der Waals surface area (Å²) in [7, 11) is -2.57. The van der Waals surface area contributed by atoms with Crippen molar-refractivity contribution in [1.82, 2.24) is 0 Å². The van der Waals surface area contributed by atoms with Gasteiger partial charge in [0, 0.05) is 0 Å². The van der Waals surface area contributed by atoms with E-state index in [2.05, 4.69) is 88.2 Å². The number of hydrogen-bond acceptors (Lipinski definition) is 2. The van der Waals surface area contributed by atoms with E-state index in [0.29, 0.717) is 6.42 Å². The standard InChI is InChI=1S/C28H40NOP/c1-8-12-19-25(18-11-4)31(24(16-9-2)17-10-3,26-20-14-13-15-21-26)23-27(5,6)22-28(7,29)30/h8-21,30-31H,1-2,4,22-23,29H2,3,5-7H3/b17-10-,19-12-,24-16+,25-18+. The molecule has 0 amide bonds. The SMILES string of the molecule is C=C/C=C\C(=C/C=C)[PH](CC(C)(C)CC(C)(N)O)(C(/C=C\C)=C/C=C)c1ccccc1. The van der Waals surface area contributed by atoms with Crippen LogP contribution in [0.4, 0.5) is 0 Å². The maximum absolute atomic E-state index is 10.4. The molecule has 0 saturated carbocycles. The summed E-state index contributed by atoms with van der Waals surface area (Å²) in [6, 6.07) is 10.6. The van der Waals surface area contributed by atoms with E-state index in [1.165, 1.54) is 15.9 Å². The van der Waals surface area contributed by atoms with E-state index in [0.717, 1.165) is 6.16 Å². The first-order valence-corrected chi connectivity index (χ1v) is 12.9. The average Bonchev–Trinajstić information content (AvgIpc) is 2.68. The van der Waals surface area contributed by atoms with Crippen molar-refractivity contribution in [3.05, 3.63) is 115 Å². The molecule has 0 aliphatic carbocycles. The van der Waals surface area contributed by atoms with Gasteiger partial charge in [0.25, 0.3) is 0 Å². The maximum atomic E-state index is 10.4. The quantitative estimate of drug-likeness (QED) is 0.220. The summed E-state index contributed by atoms with van der Waals surface area (Å²) in [5, 5.41) is 14.2. The van der Waals surface area contributed by atoms with Crippen molar-refractivity contribution < 1.29 is 5.11 Å². The fraction of sp³-hybridized carbons (Fsp3) is 0.286. The zero-order valence-corrected chi connectivity index (χ0v) is 20.6. The van der Waals surface area contributed by atoms with Gasteiger partial charge in [-0.15, -0.1) is 0 Å². The van der Waals surface area contributed by atoms with Gasteiger partial charge in [-0.05, 0) is 0 Å². The van der Waals surface area contributed by atoms with Crippen molar-refractivity contribution >= 4 is 12.6 Å². The second-order valence-electron chi connectivity index (χ2n) is 8.96. The second-order valence-corrected chi connectivity index (χ2v) is 12.9. The van der Waals surface area contributed by atoms with E-state index in [4.69, 9.17) is 5.73 Å². The molecule has 1 unspecified atom stereocenters. The van der Waals surface area contributed by atoms with E-state index in [9.17, 15) is 5.11 Å². The summed E-state index contributed by atoms with van der Waals surface area (Å²) in [6.07, 6.45) is 19.4. The Morgan fingerprint density at radius 2 is 1.52 bits per heavy atom. The Balaban J connectivity index is 4.05. The van der Waals surface area contributed by atoms with Crippen molar-refractivity contribution in [2.45, 2.75) is 39.8 Å². The van der Waals surface area contributed by atoms with Crippen molar-refractivity contribution in [1.29, 1.82) is 0 Å². The first-order valence-electron chi connectivity index (χ1n) is 10.7. The van der Waals surface area contributed by atoms with E-state index in [-0.39, 0.29) is 5.41 Å². The van der Waals surface area contributed by atoms with Crippen molar-refractivity contribution in [3.63, 3.8) is 0 Å². The summed E-state index contributed by atoms with van der Waals surface area (Å²) in [5.41, 5.74) is 4.58. The molecule has 3 N–H and O–H groups in total. The van der Waals surface area contributed by atoms with Crippen molar-refractivity contribution in [3.8, 4) is 0 Å². The molecular formula is C28H40NOP. The molecule has 0 aliphatic rings. The first kappa shape index (κ1) is 26.8. The fourth-order valence-corrected chi connectivity index (χ4v) is 10.1. The Hall–Kier alpha value is -2.25. The molecule has 1 rings (SSSR count). The van der Waals surface area contributed by atoms with E-state index >= 15 is 0 Å². The van der Waals surface area contributed by atoms with Crippen LogP contribution in [0.25, 0.3) is 0 Å². The number of rotatable bonds is 12. The van der Waals surface area contributed by atoms with Crippen LogP contribution in [0.3, 0.4) is 0 Å². The average molecular weight is 438 g/mol. The van der Waals surface area contributed by atoms with E-state index in [1.54, 1.807) is 13.0 Å². The van der Waals surface area contributed by atoms with Crippen molar-refractivity contribution in [2.24, 2.45) is 11.1 Å². The first-order chi connectivity index (χ1) is 14.6. The number of nitrogens with two attached hydrogens (primary N) is 1. The van der Waals surface area contributed by atoms with Gasteiger partial charge in [0.2, 0.25) is 0 Å². The van der Waals surface area contributed by atoms with Crippen LogP contribution in [0.2, 0.25) is 0 Å². The molecule has 1 atom stereocenters. The van der Waals surface area contributed by atoms with E-state index in [1.807, 2.05) is 31.2 Å². The number of allylic oxidation sites excluding steroid dienone is 11. The molecular weight excluding hydrogens is 397 g/mol. The molecule has 1 aromatic rings. The predicted octanol–water partition coefficient (Wildman–Crippen LogP) is 6.60. The summed E-state index contributed by atoms with van der Waals surface area (Å²) in [6.45, 7) is 19.9. The van der Waals surface area contributed by atoms with Gasteiger partial charge in [-0.25, -0.2) is 0 Å². The van der Waals surface area contributed by atoms with Crippen LogP contribution in [0, 0.1) is 5.41 Å². The second kappa shape index (κ2) is 12.0. The van der Waals surface area contributed by atoms with Gasteiger partial charge in [-0.2, -0.15) is 0 Å². The normalized spacial score (nSPS) is 16.3. The van der Waals surface area contributed by atoms with Gasteiger partial charge >= 0.3 is 190 Å². The van der Waals surface area contributed by atoms with Crippen LogP contribution < -0.4 is 11.0 Å². The molecule has 0 aliphatic heterocycles. The molecule has 0 saturated heterocycles. The number of aliphatic hydroxyl groups is 1. The summed E-state index contributed by atoms with van der Waals surface area (Å²) in [4.78, 5) is 0. The Bertz CT molecular complexity index is 866. The summed E-state index contributed by atoms with van der Waals surface area (Å²) >= 11 is 0. The molecule has 0 spiro atoms. The van der Waals surface area contributed by atoms with Crippen LogP contribution in [-0.2, 0) is 0 Å². The van der Waals surface area contributed by atoms with Gasteiger partial charge in [-0.3, -0.25) is 0 Å². The number of hydrogen-bond donors (Lipinski definition) is 2. The topological polar surface area (TPSA) is 46.2 Å². The molecule has 3 heteroatoms. The third-order valence-corrected chi connectivity index (χ3v) is 10.6. The zero-order chi connectivity index (χ0) is 23.5. The van der Waals surface area contributed by atoms with Crippen LogP contribution in [0.15, 0.2) is 115 Å². The third kappa shape index (κ3) is 7.74. The molecule has 168 valence electrons. The van der Waals surface area contributed by atoms with Crippen LogP contribution in [0.5, 0.6) is 0 Å². The van der Waals surface area contributed by atoms with Gasteiger partial charge < -0.3 is 0 Å². The Kier molecular flexibility index (Phi) is 10.3. The Labute approximate surface area is 190 Å². The predicted molar refractivity (Wildman–Crippen MR) is 143 cm³/mol. The molecule has 0 bridgehead atoms. The van der Waals surface area contributed by atoms with Gasteiger partial charge in [0.05, 0.1) is 0 Å². The minimum atomic E-state index is -2.57. The molecule has 0 fully saturated rings. The van der Waals surface area contributed by atoms with Crippen LogP contribution in [0.1, 0.15) is 34.1 Å². The Morgan fingerprint density at radius 3 is 1.97 bits per heavy atom. The molecule has 0 radical (unpaired) electrons. The molecule has 31 heavy (non-hydrogen) atoms. The van der Waals surface area contributed by atoms with Gasteiger partial charge in [-0.1, -0.05) is 0 Å². The third-order valence-electron chi connectivity index (χ3n) is 5.19. The van der Waals surface area contributed by atoms with Crippen LogP contribution >= 0.6 is 7.26 Å². The van der Waals surface area contributed by atoms with Gasteiger partial charge in [0.1, 0.15) is 0 Å². The van der Waals surface area contributed by atoms with Crippen LogP contribution in [-0.4, -0.2) is 17.0 Å². The van der Waals surface area contributed by atoms with Gasteiger partial charge in [0.15, 0.2) is 0 Å².